The number of nitrogens with zero attached hydrogens (tertiary/aromatic N) is 2. The van der Waals surface area contributed by atoms with Gasteiger partial charge in [0.05, 0.1) is 12.3 Å². The second-order valence-corrected chi connectivity index (χ2v) is 8.14. The summed E-state index contributed by atoms with van der Waals surface area (Å²) >= 11 is 2.72. The van der Waals surface area contributed by atoms with Gasteiger partial charge in [0, 0.05) is 17.0 Å². The molecule has 1 aliphatic carbocycles. The van der Waals surface area contributed by atoms with E-state index in [1.54, 1.807) is 11.8 Å². The largest absolute Gasteiger partial charge is 0.494 e. The predicted octanol–water partition coefficient (Wildman–Crippen LogP) is 5.11. The number of hydrogen-bond donors (Lipinski definition) is 0. The summed E-state index contributed by atoms with van der Waals surface area (Å²) in [5.74, 6) is 0.956. The van der Waals surface area contributed by atoms with Crippen molar-refractivity contribution in [2.24, 2.45) is 0 Å². The maximum atomic E-state index is 9.70. The van der Waals surface area contributed by atoms with Crippen LogP contribution in [0.5, 0.6) is 5.75 Å². The van der Waals surface area contributed by atoms with E-state index in [2.05, 4.69) is 30.0 Å². The molecule has 2 radical (unpaired) electrons. The zero-order chi connectivity index (χ0) is 15.4. The van der Waals surface area contributed by atoms with E-state index >= 15 is 0 Å². The first-order valence-corrected chi connectivity index (χ1v) is 10.1. The van der Waals surface area contributed by atoms with Crippen LogP contribution < -0.4 is 14.8 Å². The molecule has 3 rings (SSSR count). The van der Waals surface area contributed by atoms with Crippen molar-refractivity contribution >= 4 is 29.4 Å². The highest BCUT2D eigenvalue weighted by atomic mass is 32.2. The van der Waals surface area contributed by atoms with Gasteiger partial charge in [-0.15, -0.1) is 0 Å². The summed E-state index contributed by atoms with van der Waals surface area (Å²) in [7, 11) is 0. The summed E-state index contributed by atoms with van der Waals surface area (Å²) in [5, 5.41) is 9.70. The fourth-order valence-corrected chi connectivity index (χ4v) is 5.22. The van der Waals surface area contributed by atoms with Crippen LogP contribution in [0.15, 0.2) is 23.1 Å². The Kier molecular flexibility index (Phi) is 5.83. The Morgan fingerprint density at radius 2 is 2.14 bits per heavy atom. The van der Waals surface area contributed by atoms with Gasteiger partial charge in [-0.25, -0.2) is 0 Å². The summed E-state index contributed by atoms with van der Waals surface area (Å²) in [6, 6.07) is 6.93. The SMILES string of the molecule is CCCCOc1ccc2c(c1)N(C1CCCCC1)C(S[N])S2. The normalized spacial score (nSPS) is 21.9. The third kappa shape index (κ3) is 3.52. The van der Waals surface area contributed by atoms with Crippen molar-refractivity contribution in [3.05, 3.63) is 18.2 Å². The molecule has 1 atom stereocenters. The number of anilines is 1. The molecule has 1 fully saturated rings. The van der Waals surface area contributed by atoms with Crippen molar-refractivity contribution in [2.75, 3.05) is 11.5 Å². The molecule has 0 aromatic heterocycles. The van der Waals surface area contributed by atoms with Crippen molar-refractivity contribution in [1.29, 1.82) is 0 Å². The van der Waals surface area contributed by atoms with Gasteiger partial charge in [0.1, 0.15) is 10.5 Å². The number of unbranched alkanes of at least 4 members (excludes halogenated alkanes) is 1. The molecule has 5 heteroatoms. The first kappa shape index (κ1) is 16.3. The van der Waals surface area contributed by atoms with Gasteiger partial charge in [-0.05, 0) is 43.3 Å². The van der Waals surface area contributed by atoms with E-state index in [1.165, 1.54) is 42.7 Å². The molecule has 1 aliphatic heterocycles. The van der Waals surface area contributed by atoms with Crippen molar-refractivity contribution in [2.45, 2.75) is 67.5 Å². The molecular weight excluding hydrogens is 312 g/mol. The van der Waals surface area contributed by atoms with Crippen molar-refractivity contribution in [1.82, 2.24) is 5.14 Å². The molecule has 0 spiro atoms. The molecule has 0 N–H and O–H groups in total. The lowest BCUT2D eigenvalue weighted by Gasteiger charge is -2.36. The monoisotopic (exact) mass is 336 g/mol. The third-order valence-corrected chi connectivity index (χ3v) is 6.47. The Morgan fingerprint density at radius 1 is 1.32 bits per heavy atom. The topological polar surface area (TPSA) is 34.8 Å². The van der Waals surface area contributed by atoms with E-state index in [1.807, 2.05) is 0 Å². The lowest BCUT2D eigenvalue weighted by Crippen LogP contribution is -2.39. The molecule has 120 valence electrons. The van der Waals surface area contributed by atoms with E-state index in [4.69, 9.17) is 4.74 Å². The van der Waals surface area contributed by atoms with Gasteiger partial charge in [-0.3, -0.25) is 0 Å². The summed E-state index contributed by atoms with van der Waals surface area (Å²) in [5.41, 5.74) is 1.25. The molecule has 1 aromatic rings. The van der Waals surface area contributed by atoms with Crippen LogP contribution in [-0.2, 0) is 0 Å². The Morgan fingerprint density at radius 3 is 2.86 bits per heavy atom. The zero-order valence-electron chi connectivity index (χ0n) is 13.2. The molecule has 1 aromatic carbocycles. The highest BCUT2D eigenvalue weighted by Crippen LogP contribution is 2.50. The minimum absolute atomic E-state index is 0.0870. The molecule has 0 saturated heterocycles. The van der Waals surface area contributed by atoms with Gasteiger partial charge < -0.3 is 9.64 Å². The molecule has 3 nitrogen and oxygen atoms in total. The van der Waals surface area contributed by atoms with Crippen LogP contribution in [0.1, 0.15) is 51.9 Å². The van der Waals surface area contributed by atoms with Gasteiger partial charge in [0.25, 0.3) is 0 Å². The first-order chi connectivity index (χ1) is 10.8. The Bertz CT molecular complexity index is 492. The average Bonchev–Trinajstić information content (AvgIpc) is 2.93. The summed E-state index contributed by atoms with van der Waals surface area (Å²) in [4.78, 5) is 3.69. The number of rotatable bonds is 6. The van der Waals surface area contributed by atoms with Gasteiger partial charge in [-0.1, -0.05) is 49.5 Å². The molecule has 1 heterocycles. The summed E-state index contributed by atoms with van der Waals surface area (Å²) in [6.45, 7) is 2.96. The van der Waals surface area contributed by atoms with E-state index in [0.29, 0.717) is 6.04 Å². The summed E-state index contributed by atoms with van der Waals surface area (Å²) in [6.07, 6.45) is 8.66. The number of hydrogen-bond acceptors (Lipinski definition) is 4. The number of benzene rings is 1. The second-order valence-electron chi connectivity index (χ2n) is 6.06. The van der Waals surface area contributed by atoms with Crippen molar-refractivity contribution in [3.63, 3.8) is 0 Å². The lowest BCUT2D eigenvalue weighted by molar-refractivity contribution is 0.309. The zero-order valence-corrected chi connectivity index (χ0v) is 14.8. The predicted molar refractivity (Wildman–Crippen MR) is 95.6 cm³/mol. The maximum absolute atomic E-state index is 9.70. The first-order valence-electron chi connectivity index (χ1n) is 8.35. The van der Waals surface area contributed by atoms with Crippen molar-refractivity contribution < 1.29 is 4.74 Å². The Hall–Kier alpha value is -0.520. The van der Waals surface area contributed by atoms with Gasteiger partial charge in [0.15, 0.2) is 0 Å². The van der Waals surface area contributed by atoms with Crippen LogP contribution in [0.2, 0.25) is 0 Å². The van der Waals surface area contributed by atoms with Crippen LogP contribution in [0.25, 0.3) is 0 Å². The quantitative estimate of drug-likeness (QED) is 0.534. The van der Waals surface area contributed by atoms with E-state index in [9.17, 15) is 5.14 Å². The molecule has 1 unspecified atom stereocenters. The van der Waals surface area contributed by atoms with Crippen molar-refractivity contribution in [3.8, 4) is 5.75 Å². The number of thioether (sulfide) groups is 1. The average molecular weight is 337 g/mol. The highest BCUT2D eigenvalue weighted by molar-refractivity contribution is 8.16. The van der Waals surface area contributed by atoms with Crippen LogP contribution in [0.3, 0.4) is 0 Å². The minimum atomic E-state index is 0.0870. The third-order valence-electron chi connectivity index (χ3n) is 4.49. The van der Waals surface area contributed by atoms with Crippen LogP contribution in [-0.4, -0.2) is 17.4 Å². The smallest absolute Gasteiger partial charge is 0.144 e. The molecule has 2 aliphatic rings. The second kappa shape index (κ2) is 7.84. The van der Waals surface area contributed by atoms with Gasteiger partial charge >= 0.3 is 0 Å². The summed E-state index contributed by atoms with van der Waals surface area (Å²) < 4.78 is 5.96. The maximum Gasteiger partial charge on any atom is 0.144 e. The standard InChI is InChI=1S/C17H24N2OS2/c1-2-3-11-20-14-9-10-16-15(12-14)19(17(21-16)22-18)13-7-5-4-6-8-13/h9-10,12-13,17H,2-8,11H2,1H3. The molecule has 0 bridgehead atoms. The molecular formula is C17H24N2OS2. The van der Waals surface area contributed by atoms with Crippen LogP contribution in [0.4, 0.5) is 5.69 Å². The van der Waals surface area contributed by atoms with E-state index in [-0.39, 0.29) is 4.71 Å². The fraction of sp³-hybridized carbons (Fsp3) is 0.647. The highest BCUT2D eigenvalue weighted by Gasteiger charge is 2.36. The molecule has 22 heavy (non-hydrogen) atoms. The van der Waals surface area contributed by atoms with Gasteiger partial charge in [-0.2, -0.15) is 0 Å². The van der Waals surface area contributed by atoms with Crippen LogP contribution in [0, 0.1) is 0 Å². The Labute approximate surface area is 142 Å². The number of fused-ring (bicyclic) bond motifs is 1. The fourth-order valence-electron chi connectivity index (χ4n) is 3.30. The molecule has 0 amide bonds. The van der Waals surface area contributed by atoms with E-state index in [0.717, 1.165) is 37.1 Å². The number of ether oxygens (including phenoxy) is 1. The lowest BCUT2D eigenvalue weighted by atomic mass is 9.94. The minimum Gasteiger partial charge on any atom is -0.494 e. The van der Waals surface area contributed by atoms with Crippen LogP contribution >= 0.6 is 23.7 Å². The van der Waals surface area contributed by atoms with Gasteiger partial charge in [0.2, 0.25) is 0 Å². The Balaban J connectivity index is 1.79. The van der Waals surface area contributed by atoms with E-state index < -0.39 is 0 Å². The molecule has 1 saturated carbocycles.